The molecule has 8 heteroatoms. The third kappa shape index (κ3) is 2.88. The van der Waals surface area contributed by atoms with Gasteiger partial charge in [-0.3, -0.25) is 14.2 Å². The first-order valence-corrected chi connectivity index (χ1v) is 9.45. The molecule has 1 aromatic carbocycles. The van der Waals surface area contributed by atoms with E-state index < -0.39 is 0 Å². The van der Waals surface area contributed by atoms with E-state index in [0.29, 0.717) is 11.6 Å². The summed E-state index contributed by atoms with van der Waals surface area (Å²) in [5.41, 5.74) is 3.86. The number of aryl methyl sites for hydroxylation is 2. The molecule has 0 amide bonds. The monoisotopic (exact) mass is 404 g/mol. The second-order valence-corrected chi connectivity index (χ2v) is 7.30. The van der Waals surface area contributed by atoms with Crippen molar-refractivity contribution in [1.82, 2.24) is 28.8 Å². The maximum Gasteiger partial charge on any atom is 0.334 e. The van der Waals surface area contributed by atoms with Crippen LogP contribution in [0.5, 0.6) is 5.75 Å². The van der Waals surface area contributed by atoms with Gasteiger partial charge in [-0.05, 0) is 6.07 Å². The number of methoxy groups -OCH3 is 1. The summed E-state index contributed by atoms with van der Waals surface area (Å²) in [6.07, 6.45) is 7.16. The quantitative estimate of drug-likeness (QED) is 0.479. The molecular formula is C22H24N6O2. The Morgan fingerprint density at radius 1 is 1.27 bits per heavy atom. The van der Waals surface area contributed by atoms with Crippen LogP contribution in [0.25, 0.3) is 33.3 Å². The van der Waals surface area contributed by atoms with Crippen LogP contribution in [0.1, 0.15) is 5.56 Å². The van der Waals surface area contributed by atoms with Gasteiger partial charge in [-0.25, -0.2) is 9.36 Å². The number of pyridine rings is 1. The molecule has 0 aliphatic rings. The Balaban J connectivity index is 2.18. The molecule has 0 aliphatic carbocycles. The SMILES string of the molecule is C=C/C(=C\N(C)C)c1cc2c(cc1OC)ncc1c2n(-c2ccnn2C)c(=O)n1C. The van der Waals surface area contributed by atoms with Crippen molar-refractivity contribution in [3.05, 3.63) is 65.5 Å². The van der Waals surface area contributed by atoms with Gasteiger partial charge < -0.3 is 9.64 Å². The first kappa shape index (κ1) is 19.5. The maximum atomic E-state index is 13.1. The molecule has 0 saturated heterocycles. The highest BCUT2D eigenvalue weighted by atomic mass is 16.5. The average molecular weight is 404 g/mol. The van der Waals surface area contributed by atoms with E-state index in [2.05, 4.69) is 16.7 Å². The smallest absolute Gasteiger partial charge is 0.334 e. The Labute approximate surface area is 173 Å². The number of aromatic nitrogens is 5. The number of fused-ring (bicyclic) bond motifs is 3. The number of rotatable bonds is 5. The lowest BCUT2D eigenvalue weighted by Crippen LogP contribution is -2.22. The van der Waals surface area contributed by atoms with Crippen molar-refractivity contribution >= 4 is 27.5 Å². The van der Waals surface area contributed by atoms with Crippen LogP contribution in [0.3, 0.4) is 0 Å². The van der Waals surface area contributed by atoms with Crippen LogP contribution in [0, 0.1) is 0 Å². The van der Waals surface area contributed by atoms with Gasteiger partial charge in [-0.1, -0.05) is 12.7 Å². The van der Waals surface area contributed by atoms with Crippen LogP contribution in [0.4, 0.5) is 0 Å². The van der Waals surface area contributed by atoms with E-state index in [-0.39, 0.29) is 5.69 Å². The molecule has 0 radical (unpaired) electrons. The number of allylic oxidation sites excluding steroid dienone is 2. The number of hydrogen-bond donors (Lipinski definition) is 0. The zero-order chi connectivity index (χ0) is 21.6. The molecule has 8 nitrogen and oxygen atoms in total. The third-order valence-electron chi connectivity index (χ3n) is 5.16. The van der Waals surface area contributed by atoms with Crippen LogP contribution in [0.2, 0.25) is 0 Å². The van der Waals surface area contributed by atoms with Gasteiger partial charge in [0.1, 0.15) is 11.6 Å². The molecule has 0 aliphatic heterocycles. The fourth-order valence-electron chi connectivity index (χ4n) is 3.73. The normalized spacial score (nSPS) is 12.0. The van der Waals surface area contributed by atoms with Crippen LogP contribution < -0.4 is 10.4 Å². The van der Waals surface area contributed by atoms with Crippen LogP contribution >= 0.6 is 0 Å². The average Bonchev–Trinajstić information content (AvgIpc) is 3.25. The molecule has 0 atom stereocenters. The van der Waals surface area contributed by atoms with Gasteiger partial charge >= 0.3 is 5.69 Å². The molecule has 4 aromatic rings. The maximum absolute atomic E-state index is 13.1. The van der Waals surface area contributed by atoms with Crippen LogP contribution in [-0.2, 0) is 14.1 Å². The summed E-state index contributed by atoms with van der Waals surface area (Å²) in [6, 6.07) is 5.72. The molecule has 0 fully saturated rings. The van der Waals surface area contributed by atoms with E-state index >= 15 is 0 Å². The highest BCUT2D eigenvalue weighted by Gasteiger charge is 2.20. The Morgan fingerprint density at radius 2 is 2.03 bits per heavy atom. The van der Waals surface area contributed by atoms with Gasteiger partial charge in [0, 0.05) is 63.0 Å². The summed E-state index contributed by atoms with van der Waals surface area (Å²) in [5.74, 6) is 1.37. The molecule has 3 aromatic heterocycles. The van der Waals surface area contributed by atoms with Gasteiger partial charge in [-0.2, -0.15) is 5.10 Å². The minimum atomic E-state index is -0.159. The lowest BCUT2D eigenvalue weighted by atomic mass is 10.0. The van der Waals surface area contributed by atoms with Gasteiger partial charge in [0.25, 0.3) is 0 Å². The number of hydrogen-bond acceptors (Lipinski definition) is 5. The second-order valence-electron chi connectivity index (χ2n) is 7.30. The summed E-state index contributed by atoms with van der Waals surface area (Å²) in [5, 5.41) is 5.07. The van der Waals surface area contributed by atoms with Crippen molar-refractivity contribution in [3.63, 3.8) is 0 Å². The van der Waals surface area contributed by atoms with E-state index in [1.165, 1.54) is 0 Å². The van der Waals surface area contributed by atoms with E-state index in [1.807, 2.05) is 50.4 Å². The summed E-state index contributed by atoms with van der Waals surface area (Å²) >= 11 is 0. The number of benzene rings is 1. The molecule has 0 N–H and O–H groups in total. The Morgan fingerprint density at radius 3 is 2.63 bits per heavy atom. The molecule has 0 bridgehead atoms. The third-order valence-corrected chi connectivity index (χ3v) is 5.16. The Bertz CT molecular complexity index is 1370. The summed E-state index contributed by atoms with van der Waals surface area (Å²) in [4.78, 5) is 19.7. The van der Waals surface area contributed by atoms with Crippen LogP contribution in [-0.4, -0.2) is 50.0 Å². The van der Waals surface area contributed by atoms with Crippen molar-refractivity contribution in [2.45, 2.75) is 0 Å². The van der Waals surface area contributed by atoms with Crippen molar-refractivity contribution in [3.8, 4) is 11.6 Å². The van der Waals surface area contributed by atoms with Crippen molar-refractivity contribution in [1.29, 1.82) is 0 Å². The van der Waals surface area contributed by atoms with Crippen LogP contribution in [0.15, 0.2) is 54.2 Å². The van der Waals surface area contributed by atoms with Gasteiger partial charge in [-0.15, -0.1) is 0 Å². The highest BCUT2D eigenvalue weighted by molar-refractivity contribution is 6.05. The summed E-state index contributed by atoms with van der Waals surface area (Å²) in [7, 11) is 9.10. The van der Waals surface area contributed by atoms with E-state index in [4.69, 9.17) is 4.74 Å². The fraction of sp³-hybridized carbons (Fsp3) is 0.227. The predicted molar refractivity (Wildman–Crippen MR) is 119 cm³/mol. The summed E-state index contributed by atoms with van der Waals surface area (Å²) in [6.45, 7) is 3.96. The number of nitrogens with zero attached hydrogens (tertiary/aromatic N) is 6. The van der Waals surface area contributed by atoms with Gasteiger partial charge in [0.15, 0.2) is 0 Å². The van der Waals surface area contributed by atoms with E-state index in [9.17, 15) is 4.79 Å². The summed E-state index contributed by atoms with van der Waals surface area (Å²) < 4.78 is 10.6. The highest BCUT2D eigenvalue weighted by Crippen LogP contribution is 2.34. The molecule has 4 rings (SSSR count). The minimum Gasteiger partial charge on any atom is -0.496 e. The van der Waals surface area contributed by atoms with Gasteiger partial charge in [0.05, 0.1) is 36.1 Å². The lowest BCUT2D eigenvalue weighted by molar-refractivity contribution is 0.414. The zero-order valence-electron chi connectivity index (χ0n) is 17.7. The Kier molecular flexibility index (Phi) is 4.69. The molecule has 154 valence electrons. The Hall–Kier alpha value is -3.81. The van der Waals surface area contributed by atoms with Crippen molar-refractivity contribution in [2.24, 2.45) is 14.1 Å². The fourth-order valence-corrected chi connectivity index (χ4v) is 3.73. The molecular weight excluding hydrogens is 380 g/mol. The lowest BCUT2D eigenvalue weighted by Gasteiger charge is -2.14. The molecule has 30 heavy (non-hydrogen) atoms. The van der Waals surface area contributed by atoms with Crippen molar-refractivity contribution < 1.29 is 4.74 Å². The predicted octanol–water partition coefficient (Wildman–Crippen LogP) is 2.71. The standard InChI is InChI=1S/C22H24N6O2/c1-7-14(13-25(2)3)15-10-16-17(11-19(15)30-6)23-12-18-21(16)28(22(29)26(18)4)20-8-9-24-27(20)5/h7-13H,1H2,2-6H3/b14-13+. The molecule has 0 spiro atoms. The van der Waals surface area contributed by atoms with E-state index in [0.717, 1.165) is 33.1 Å². The first-order chi connectivity index (χ1) is 14.4. The van der Waals surface area contributed by atoms with E-state index in [1.54, 1.807) is 46.4 Å². The molecule has 0 saturated carbocycles. The van der Waals surface area contributed by atoms with Gasteiger partial charge in [0.2, 0.25) is 0 Å². The minimum absolute atomic E-state index is 0.159. The second kappa shape index (κ2) is 7.22. The topological polar surface area (TPSA) is 70.1 Å². The first-order valence-electron chi connectivity index (χ1n) is 9.45. The zero-order valence-corrected chi connectivity index (χ0v) is 17.7. The molecule has 3 heterocycles. The van der Waals surface area contributed by atoms with Crippen molar-refractivity contribution in [2.75, 3.05) is 21.2 Å². The molecule has 0 unspecified atom stereocenters. The number of ether oxygens (including phenoxy) is 1. The number of imidazole rings is 1. The largest absolute Gasteiger partial charge is 0.496 e.